The van der Waals surface area contributed by atoms with Crippen molar-refractivity contribution in [3.05, 3.63) is 30.1 Å². The maximum Gasteiger partial charge on any atom is 0.207 e. The second-order valence-corrected chi connectivity index (χ2v) is 2.99. The number of hydrogen-bond acceptors (Lipinski definition) is 4. The van der Waals surface area contributed by atoms with Crippen molar-refractivity contribution < 1.29 is 4.39 Å². The van der Waals surface area contributed by atoms with Crippen LogP contribution >= 0.6 is 12.2 Å². The zero-order chi connectivity index (χ0) is 12.0. The van der Waals surface area contributed by atoms with E-state index in [1.165, 1.54) is 18.2 Å². The number of hydrogen-bond donors (Lipinski definition) is 2. The number of hydrazine groups is 1. The minimum atomic E-state index is -0.426. The van der Waals surface area contributed by atoms with Crippen LogP contribution in [0.2, 0.25) is 0 Å². The van der Waals surface area contributed by atoms with Gasteiger partial charge in [0.15, 0.2) is 6.19 Å². The first-order valence-electron chi connectivity index (χ1n) is 4.08. The molecule has 0 amide bonds. The third-order valence-electron chi connectivity index (χ3n) is 1.54. The molecule has 1 aromatic carbocycles. The van der Waals surface area contributed by atoms with E-state index in [1.54, 1.807) is 18.5 Å². The standard InChI is InChI=1S/C9H6FN5S/c10-7-2-1-3-8(4-7)14-9(16)15(6-12)13-5-11/h1-4,13H,(H,14,16). The highest BCUT2D eigenvalue weighted by atomic mass is 32.1. The number of nitriles is 2. The molecule has 16 heavy (non-hydrogen) atoms. The number of anilines is 1. The molecular formula is C9H6FN5S. The van der Waals surface area contributed by atoms with Gasteiger partial charge in [0, 0.05) is 5.69 Å². The smallest absolute Gasteiger partial charge is 0.207 e. The third-order valence-corrected chi connectivity index (χ3v) is 1.83. The molecule has 80 valence electrons. The molecule has 2 N–H and O–H groups in total. The van der Waals surface area contributed by atoms with E-state index >= 15 is 0 Å². The van der Waals surface area contributed by atoms with Crippen LogP contribution in [0.25, 0.3) is 0 Å². The monoisotopic (exact) mass is 235 g/mol. The molecule has 0 radical (unpaired) electrons. The van der Waals surface area contributed by atoms with Crippen molar-refractivity contribution in [1.29, 1.82) is 10.5 Å². The van der Waals surface area contributed by atoms with Crippen molar-refractivity contribution in [2.75, 3.05) is 5.32 Å². The minimum absolute atomic E-state index is 0.0466. The summed E-state index contributed by atoms with van der Waals surface area (Å²) in [5, 5.41) is 20.2. The van der Waals surface area contributed by atoms with Gasteiger partial charge < -0.3 is 5.32 Å². The summed E-state index contributed by atoms with van der Waals surface area (Å²) in [6.07, 6.45) is 3.19. The van der Waals surface area contributed by atoms with Gasteiger partial charge in [-0.3, -0.25) is 0 Å². The molecule has 0 heterocycles. The van der Waals surface area contributed by atoms with Crippen LogP contribution in [0.4, 0.5) is 10.1 Å². The van der Waals surface area contributed by atoms with Crippen LogP contribution in [0.1, 0.15) is 0 Å². The summed E-state index contributed by atoms with van der Waals surface area (Å²) in [6, 6.07) is 5.57. The fraction of sp³-hybridized carbons (Fsp3) is 0. The van der Waals surface area contributed by atoms with Crippen molar-refractivity contribution in [2.24, 2.45) is 0 Å². The molecule has 0 saturated carbocycles. The van der Waals surface area contributed by atoms with Crippen LogP contribution in [0.3, 0.4) is 0 Å². The number of thiocarbonyl (C=S) groups is 1. The van der Waals surface area contributed by atoms with Crippen LogP contribution in [0, 0.1) is 28.7 Å². The lowest BCUT2D eigenvalue weighted by molar-refractivity contribution is 0.515. The SMILES string of the molecule is N#CNN(C#N)C(=S)Nc1cccc(F)c1. The normalized spacial score (nSPS) is 8.44. The first kappa shape index (κ1) is 11.7. The molecule has 0 saturated heterocycles. The Morgan fingerprint density at radius 3 is 2.75 bits per heavy atom. The molecule has 0 unspecified atom stereocenters. The van der Waals surface area contributed by atoms with Crippen molar-refractivity contribution in [1.82, 2.24) is 10.4 Å². The Hall–Kier alpha value is -2.38. The van der Waals surface area contributed by atoms with Crippen LogP contribution in [-0.2, 0) is 0 Å². The Morgan fingerprint density at radius 2 is 2.19 bits per heavy atom. The zero-order valence-corrected chi connectivity index (χ0v) is 8.75. The van der Waals surface area contributed by atoms with Gasteiger partial charge in [-0.05, 0) is 30.4 Å². The van der Waals surface area contributed by atoms with Crippen LogP contribution in [0.15, 0.2) is 24.3 Å². The molecule has 0 aliphatic heterocycles. The lowest BCUT2D eigenvalue weighted by Crippen LogP contribution is -2.38. The number of nitrogens with one attached hydrogen (secondary N) is 2. The summed E-state index contributed by atoms with van der Waals surface area (Å²) in [6.45, 7) is 0. The fourth-order valence-electron chi connectivity index (χ4n) is 0.917. The summed E-state index contributed by atoms with van der Waals surface area (Å²) < 4.78 is 12.8. The van der Waals surface area contributed by atoms with Gasteiger partial charge in [0.25, 0.3) is 0 Å². The summed E-state index contributed by atoms with van der Waals surface area (Å²) in [5.74, 6) is -0.426. The Bertz CT molecular complexity index is 476. The number of benzene rings is 1. The predicted octanol–water partition coefficient (Wildman–Crippen LogP) is 1.29. The molecule has 0 aliphatic rings. The minimum Gasteiger partial charge on any atom is -0.330 e. The zero-order valence-electron chi connectivity index (χ0n) is 7.94. The van der Waals surface area contributed by atoms with Crippen LogP contribution in [-0.4, -0.2) is 10.1 Å². The maximum absolute atomic E-state index is 12.8. The van der Waals surface area contributed by atoms with Gasteiger partial charge in [0.2, 0.25) is 11.3 Å². The molecule has 0 atom stereocenters. The Balaban J connectivity index is 2.72. The second kappa shape index (κ2) is 5.49. The van der Waals surface area contributed by atoms with E-state index in [4.69, 9.17) is 22.7 Å². The average molecular weight is 235 g/mol. The van der Waals surface area contributed by atoms with E-state index in [9.17, 15) is 4.39 Å². The quantitative estimate of drug-likeness (QED) is 0.348. The third kappa shape index (κ3) is 3.08. The Morgan fingerprint density at radius 1 is 1.44 bits per heavy atom. The summed E-state index contributed by atoms with van der Waals surface area (Å²) in [7, 11) is 0. The molecule has 5 nitrogen and oxygen atoms in total. The maximum atomic E-state index is 12.8. The molecule has 0 fully saturated rings. The van der Waals surface area contributed by atoms with Crippen molar-refractivity contribution >= 4 is 23.0 Å². The topological polar surface area (TPSA) is 74.9 Å². The fourth-order valence-corrected chi connectivity index (χ4v) is 1.12. The van der Waals surface area contributed by atoms with Gasteiger partial charge >= 0.3 is 0 Å². The summed E-state index contributed by atoms with van der Waals surface area (Å²) >= 11 is 4.82. The van der Waals surface area contributed by atoms with Crippen molar-refractivity contribution in [3.63, 3.8) is 0 Å². The van der Waals surface area contributed by atoms with Gasteiger partial charge in [-0.25, -0.2) is 9.82 Å². The highest BCUT2D eigenvalue weighted by Crippen LogP contribution is 2.09. The number of halogens is 1. The van der Waals surface area contributed by atoms with E-state index in [2.05, 4.69) is 5.32 Å². The lowest BCUT2D eigenvalue weighted by atomic mass is 10.3. The van der Waals surface area contributed by atoms with E-state index in [1.807, 2.05) is 5.43 Å². The van der Waals surface area contributed by atoms with Crippen molar-refractivity contribution in [3.8, 4) is 12.4 Å². The highest BCUT2D eigenvalue weighted by molar-refractivity contribution is 7.80. The lowest BCUT2D eigenvalue weighted by Gasteiger charge is -2.14. The van der Waals surface area contributed by atoms with Gasteiger partial charge in [0.1, 0.15) is 5.82 Å². The summed E-state index contributed by atoms with van der Waals surface area (Å²) in [5.41, 5.74) is 2.44. The number of nitrogens with zero attached hydrogens (tertiary/aromatic N) is 3. The molecule has 0 spiro atoms. The first-order valence-corrected chi connectivity index (χ1v) is 4.49. The van der Waals surface area contributed by atoms with Crippen LogP contribution in [0.5, 0.6) is 0 Å². The van der Waals surface area contributed by atoms with Gasteiger partial charge in [-0.2, -0.15) is 15.5 Å². The Kier molecular flexibility index (Phi) is 4.01. The Labute approximate surface area is 96.7 Å². The summed E-state index contributed by atoms with van der Waals surface area (Å²) in [4.78, 5) is 0. The van der Waals surface area contributed by atoms with E-state index in [-0.39, 0.29) is 5.11 Å². The molecule has 0 aromatic heterocycles. The van der Waals surface area contributed by atoms with Gasteiger partial charge in [-0.1, -0.05) is 6.07 Å². The highest BCUT2D eigenvalue weighted by Gasteiger charge is 2.07. The van der Waals surface area contributed by atoms with E-state index in [0.29, 0.717) is 5.69 Å². The molecular weight excluding hydrogens is 229 g/mol. The van der Waals surface area contributed by atoms with E-state index < -0.39 is 5.82 Å². The second-order valence-electron chi connectivity index (χ2n) is 2.60. The molecule has 1 rings (SSSR count). The van der Waals surface area contributed by atoms with Gasteiger partial charge in [0.05, 0.1) is 0 Å². The molecule has 0 aliphatic carbocycles. The van der Waals surface area contributed by atoms with Gasteiger partial charge in [-0.15, -0.1) is 0 Å². The largest absolute Gasteiger partial charge is 0.330 e. The number of rotatable bonds is 2. The van der Waals surface area contributed by atoms with Crippen molar-refractivity contribution in [2.45, 2.75) is 0 Å². The molecule has 7 heteroatoms. The average Bonchev–Trinajstić information content (AvgIpc) is 2.25. The first-order chi connectivity index (χ1) is 7.67. The predicted molar refractivity (Wildman–Crippen MR) is 58.8 cm³/mol. The molecule has 0 bridgehead atoms. The van der Waals surface area contributed by atoms with E-state index in [0.717, 1.165) is 5.01 Å². The molecule has 1 aromatic rings. The van der Waals surface area contributed by atoms with Crippen LogP contribution < -0.4 is 10.7 Å².